The molecule has 1 saturated heterocycles. The summed E-state index contributed by atoms with van der Waals surface area (Å²) in [4.78, 5) is 0. The van der Waals surface area contributed by atoms with Crippen LogP contribution in [0.5, 0.6) is 0 Å². The van der Waals surface area contributed by atoms with E-state index >= 15 is 0 Å². The van der Waals surface area contributed by atoms with Gasteiger partial charge in [0, 0.05) is 12.5 Å². The van der Waals surface area contributed by atoms with Gasteiger partial charge in [-0.25, -0.2) is 0 Å². The predicted octanol–water partition coefficient (Wildman–Crippen LogP) is 0.792. The molecule has 1 N–H and O–H groups in total. The molecule has 0 aromatic rings. The maximum atomic E-state index is 9.27. The van der Waals surface area contributed by atoms with Crippen LogP contribution in [0.15, 0.2) is 0 Å². The number of hydrogen-bond acceptors (Lipinski definition) is 2. The molecular weight excluding hydrogens is 116 g/mol. The van der Waals surface area contributed by atoms with Gasteiger partial charge in [0.15, 0.2) is 0 Å². The zero-order valence-electron chi connectivity index (χ0n) is 6.00. The SMILES string of the molecule is CC1OCC[C@H](O)C1C. The summed E-state index contributed by atoms with van der Waals surface area (Å²) in [6.07, 6.45) is 0.883. The molecule has 0 bridgehead atoms. The smallest absolute Gasteiger partial charge is 0.0612 e. The van der Waals surface area contributed by atoms with Crippen LogP contribution in [0.4, 0.5) is 0 Å². The van der Waals surface area contributed by atoms with Gasteiger partial charge >= 0.3 is 0 Å². The maximum absolute atomic E-state index is 9.27. The molecule has 0 saturated carbocycles. The van der Waals surface area contributed by atoms with Crippen molar-refractivity contribution < 1.29 is 9.84 Å². The lowest BCUT2D eigenvalue weighted by molar-refractivity contribution is -0.0764. The molecule has 0 spiro atoms. The van der Waals surface area contributed by atoms with Crippen molar-refractivity contribution in [2.24, 2.45) is 5.92 Å². The number of hydrogen-bond donors (Lipinski definition) is 1. The minimum Gasteiger partial charge on any atom is -0.393 e. The second-order valence-corrected chi connectivity index (χ2v) is 2.79. The number of aliphatic hydroxyl groups excluding tert-OH is 1. The largest absolute Gasteiger partial charge is 0.393 e. The average molecular weight is 130 g/mol. The Kier molecular flexibility index (Phi) is 2.09. The average Bonchev–Trinajstić information content (AvgIpc) is 1.83. The molecule has 2 nitrogen and oxygen atoms in total. The Bertz CT molecular complexity index is 82.9. The van der Waals surface area contributed by atoms with Gasteiger partial charge in [-0.15, -0.1) is 0 Å². The van der Waals surface area contributed by atoms with Gasteiger partial charge in [0.1, 0.15) is 0 Å². The Morgan fingerprint density at radius 1 is 1.44 bits per heavy atom. The maximum Gasteiger partial charge on any atom is 0.0612 e. The van der Waals surface area contributed by atoms with Gasteiger partial charge < -0.3 is 9.84 Å². The van der Waals surface area contributed by atoms with Crippen LogP contribution in [0, 0.1) is 5.92 Å². The van der Waals surface area contributed by atoms with Gasteiger partial charge in [-0.1, -0.05) is 6.92 Å². The topological polar surface area (TPSA) is 29.5 Å². The minimum absolute atomic E-state index is 0.145. The second-order valence-electron chi connectivity index (χ2n) is 2.79. The molecule has 54 valence electrons. The third-order valence-corrected chi connectivity index (χ3v) is 2.14. The quantitative estimate of drug-likeness (QED) is 0.525. The van der Waals surface area contributed by atoms with Crippen LogP contribution in [0.1, 0.15) is 20.3 Å². The number of aliphatic hydroxyl groups is 1. The fourth-order valence-electron chi connectivity index (χ4n) is 1.10. The van der Waals surface area contributed by atoms with Crippen LogP contribution in [0.25, 0.3) is 0 Å². The zero-order valence-corrected chi connectivity index (χ0v) is 6.00. The molecule has 2 unspecified atom stereocenters. The van der Waals surface area contributed by atoms with Crippen molar-refractivity contribution in [3.63, 3.8) is 0 Å². The lowest BCUT2D eigenvalue weighted by Gasteiger charge is -2.30. The molecule has 1 fully saturated rings. The van der Waals surface area contributed by atoms with Gasteiger partial charge in [0.2, 0.25) is 0 Å². The lowest BCUT2D eigenvalue weighted by atomic mass is 9.95. The summed E-state index contributed by atoms with van der Waals surface area (Å²) in [7, 11) is 0. The molecule has 0 aliphatic carbocycles. The van der Waals surface area contributed by atoms with Gasteiger partial charge in [-0.05, 0) is 13.3 Å². The molecule has 0 amide bonds. The van der Waals surface area contributed by atoms with E-state index in [0.717, 1.165) is 6.42 Å². The van der Waals surface area contributed by atoms with Crippen LogP contribution in [0.2, 0.25) is 0 Å². The van der Waals surface area contributed by atoms with E-state index in [-0.39, 0.29) is 12.2 Å². The summed E-state index contributed by atoms with van der Waals surface area (Å²) in [6.45, 7) is 4.74. The Morgan fingerprint density at radius 3 is 2.56 bits per heavy atom. The Hall–Kier alpha value is -0.0800. The lowest BCUT2D eigenvalue weighted by Crippen LogP contribution is -2.35. The molecule has 1 heterocycles. The fourth-order valence-corrected chi connectivity index (χ4v) is 1.10. The van der Waals surface area contributed by atoms with Crippen LogP contribution >= 0.6 is 0 Å². The molecule has 1 aliphatic rings. The van der Waals surface area contributed by atoms with Crippen molar-refractivity contribution in [3.05, 3.63) is 0 Å². The summed E-state index contributed by atoms with van der Waals surface area (Å²) in [6, 6.07) is 0. The van der Waals surface area contributed by atoms with E-state index in [2.05, 4.69) is 0 Å². The molecule has 2 heteroatoms. The van der Waals surface area contributed by atoms with Crippen molar-refractivity contribution in [1.82, 2.24) is 0 Å². The Labute approximate surface area is 55.8 Å². The first kappa shape index (κ1) is 7.03. The van der Waals surface area contributed by atoms with E-state index < -0.39 is 0 Å². The molecule has 3 atom stereocenters. The second kappa shape index (κ2) is 2.67. The molecule has 1 rings (SSSR count). The van der Waals surface area contributed by atoms with E-state index in [0.29, 0.717) is 12.5 Å². The molecule has 1 aliphatic heterocycles. The van der Waals surface area contributed by atoms with E-state index in [1.165, 1.54) is 0 Å². The van der Waals surface area contributed by atoms with E-state index in [1.54, 1.807) is 0 Å². The Balaban J connectivity index is 2.41. The highest BCUT2D eigenvalue weighted by Gasteiger charge is 2.25. The van der Waals surface area contributed by atoms with Gasteiger partial charge in [0.25, 0.3) is 0 Å². The fraction of sp³-hybridized carbons (Fsp3) is 1.00. The first-order valence-corrected chi connectivity index (χ1v) is 3.51. The van der Waals surface area contributed by atoms with Crippen molar-refractivity contribution in [2.45, 2.75) is 32.5 Å². The standard InChI is InChI=1S/C7H14O2/c1-5-6(2)9-4-3-7(5)8/h5-8H,3-4H2,1-2H3/t5?,6?,7-/m0/s1. The van der Waals surface area contributed by atoms with Crippen LogP contribution in [-0.2, 0) is 4.74 Å². The predicted molar refractivity (Wildman–Crippen MR) is 35.2 cm³/mol. The monoisotopic (exact) mass is 130 g/mol. The highest BCUT2D eigenvalue weighted by Crippen LogP contribution is 2.19. The summed E-state index contributed by atoms with van der Waals surface area (Å²) in [5.74, 6) is 0.304. The number of rotatable bonds is 0. The number of ether oxygens (including phenoxy) is 1. The van der Waals surface area contributed by atoms with E-state index in [9.17, 15) is 5.11 Å². The highest BCUT2D eigenvalue weighted by atomic mass is 16.5. The van der Waals surface area contributed by atoms with Gasteiger partial charge in [0.05, 0.1) is 12.2 Å². The molecule has 0 aromatic heterocycles. The van der Waals surface area contributed by atoms with Gasteiger partial charge in [-0.2, -0.15) is 0 Å². The zero-order chi connectivity index (χ0) is 6.85. The summed E-state index contributed by atoms with van der Waals surface area (Å²) in [5, 5.41) is 9.27. The Morgan fingerprint density at radius 2 is 2.11 bits per heavy atom. The minimum atomic E-state index is -0.145. The van der Waals surface area contributed by atoms with Crippen molar-refractivity contribution in [3.8, 4) is 0 Å². The summed E-state index contributed by atoms with van der Waals surface area (Å²) >= 11 is 0. The molecule has 9 heavy (non-hydrogen) atoms. The van der Waals surface area contributed by atoms with Crippen molar-refractivity contribution in [1.29, 1.82) is 0 Å². The van der Waals surface area contributed by atoms with Crippen LogP contribution in [-0.4, -0.2) is 23.9 Å². The first-order chi connectivity index (χ1) is 4.22. The van der Waals surface area contributed by atoms with Crippen LogP contribution < -0.4 is 0 Å². The summed E-state index contributed by atoms with van der Waals surface area (Å²) in [5.41, 5.74) is 0. The molecule has 0 radical (unpaired) electrons. The third kappa shape index (κ3) is 1.43. The van der Waals surface area contributed by atoms with Crippen molar-refractivity contribution >= 4 is 0 Å². The van der Waals surface area contributed by atoms with Crippen molar-refractivity contribution in [2.75, 3.05) is 6.61 Å². The van der Waals surface area contributed by atoms with Gasteiger partial charge in [-0.3, -0.25) is 0 Å². The van der Waals surface area contributed by atoms with Crippen LogP contribution in [0.3, 0.4) is 0 Å². The van der Waals surface area contributed by atoms with E-state index in [4.69, 9.17) is 4.74 Å². The molecule has 0 aromatic carbocycles. The van der Waals surface area contributed by atoms with E-state index in [1.807, 2.05) is 13.8 Å². The highest BCUT2D eigenvalue weighted by molar-refractivity contribution is 4.74. The third-order valence-electron chi connectivity index (χ3n) is 2.14. The molecular formula is C7H14O2. The summed E-state index contributed by atoms with van der Waals surface area (Å²) < 4.78 is 5.30. The normalized spacial score (nSPS) is 45.0. The first-order valence-electron chi connectivity index (χ1n) is 3.51.